The Balaban J connectivity index is 1.19. The molecule has 1 amide bonds. The van der Waals surface area contributed by atoms with Gasteiger partial charge in [-0.25, -0.2) is 0 Å². The van der Waals surface area contributed by atoms with Crippen LogP contribution in [-0.4, -0.2) is 66.4 Å². The first kappa shape index (κ1) is 20.1. The van der Waals surface area contributed by atoms with E-state index in [0.717, 1.165) is 75.7 Å². The van der Waals surface area contributed by atoms with Crippen molar-refractivity contribution in [3.05, 3.63) is 71.3 Å². The normalized spacial score (nSPS) is 19.4. The van der Waals surface area contributed by atoms with Gasteiger partial charge in [0.05, 0.1) is 0 Å². The van der Waals surface area contributed by atoms with Crippen LogP contribution in [0.4, 0.5) is 0 Å². The van der Waals surface area contributed by atoms with Gasteiger partial charge in [-0.05, 0) is 43.4 Å². The second kappa shape index (κ2) is 9.55. The van der Waals surface area contributed by atoms with Crippen molar-refractivity contribution < 1.29 is 4.79 Å². The molecular weight excluding hydrogens is 358 g/mol. The van der Waals surface area contributed by atoms with Crippen LogP contribution in [-0.2, 0) is 6.54 Å². The van der Waals surface area contributed by atoms with Crippen LogP contribution >= 0.6 is 0 Å². The van der Waals surface area contributed by atoms with Gasteiger partial charge in [-0.15, -0.1) is 0 Å². The number of piperazine rings is 1. The summed E-state index contributed by atoms with van der Waals surface area (Å²) in [7, 11) is 0. The Kier molecular flexibility index (Phi) is 6.63. The van der Waals surface area contributed by atoms with Crippen LogP contribution in [0.3, 0.4) is 0 Å². The fourth-order valence-corrected chi connectivity index (χ4v) is 4.62. The highest BCUT2D eigenvalue weighted by atomic mass is 16.2. The Bertz CT molecular complexity index is 791. The predicted octanol–water partition coefficient (Wildman–Crippen LogP) is 3.67. The summed E-state index contributed by atoms with van der Waals surface area (Å²) >= 11 is 0. The lowest BCUT2D eigenvalue weighted by atomic mass is 9.95. The molecule has 0 unspecified atom stereocenters. The Labute approximate surface area is 175 Å². The zero-order valence-electron chi connectivity index (χ0n) is 17.6. The number of nitrogens with zero attached hydrogens (tertiary/aromatic N) is 3. The number of amides is 1. The first-order chi connectivity index (χ1) is 14.2. The van der Waals surface area contributed by atoms with Crippen molar-refractivity contribution in [3.63, 3.8) is 0 Å². The second-order valence-corrected chi connectivity index (χ2v) is 8.67. The molecule has 0 bridgehead atoms. The van der Waals surface area contributed by atoms with Crippen LogP contribution in [0, 0.1) is 12.8 Å². The minimum Gasteiger partial charge on any atom is -0.339 e. The summed E-state index contributed by atoms with van der Waals surface area (Å²) in [5, 5.41) is 0. The van der Waals surface area contributed by atoms with Crippen LogP contribution in [0.1, 0.15) is 34.3 Å². The first-order valence-electron chi connectivity index (χ1n) is 11.0. The molecule has 154 valence electrons. The quantitative estimate of drug-likeness (QED) is 0.778. The summed E-state index contributed by atoms with van der Waals surface area (Å²) in [6, 6.07) is 18.7. The zero-order valence-corrected chi connectivity index (χ0v) is 17.6. The summed E-state index contributed by atoms with van der Waals surface area (Å²) < 4.78 is 0. The van der Waals surface area contributed by atoms with E-state index in [4.69, 9.17) is 0 Å². The van der Waals surface area contributed by atoms with E-state index in [2.05, 4.69) is 40.1 Å². The Morgan fingerprint density at radius 3 is 2.24 bits per heavy atom. The van der Waals surface area contributed by atoms with Gasteiger partial charge in [0.15, 0.2) is 0 Å². The predicted molar refractivity (Wildman–Crippen MR) is 118 cm³/mol. The number of aryl methyl sites for hydroxylation is 1. The molecule has 2 aromatic rings. The Morgan fingerprint density at radius 1 is 0.862 bits per heavy atom. The van der Waals surface area contributed by atoms with Crippen molar-refractivity contribution in [2.24, 2.45) is 5.92 Å². The molecule has 0 saturated carbocycles. The van der Waals surface area contributed by atoms with Crippen LogP contribution < -0.4 is 0 Å². The van der Waals surface area contributed by atoms with Gasteiger partial charge < -0.3 is 9.80 Å². The fraction of sp³-hybridized carbons (Fsp3) is 0.480. The highest BCUT2D eigenvalue weighted by Crippen LogP contribution is 2.21. The minimum atomic E-state index is 0.196. The largest absolute Gasteiger partial charge is 0.339 e. The van der Waals surface area contributed by atoms with Gasteiger partial charge in [0.25, 0.3) is 5.91 Å². The van der Waals surface area contributed by atoms with E-state index in [-0.39, 0.29) is 5.91 Å². The molecule has 0 atom stereocenters. The summed E-state index contributed by atoms with van der Waals surface area (Å²) in [4.78, 5) is 20.0. The maximum atomic E-state index is 12.7. The monoisotopic (exact) mass is 391 g/mol. The molecule has 0 aromatic heterocycles. The molecule has 2 aliphatic rings. The average Bonchev–Trinajstić information content (AvgIpc) is 2.76. The van der Waals surface area contributed by atoms with E-state index >= 15 is 0 Å². The van der Waals surface area contributed by atoms with Gasteiger partial charge in [-0.2, -0.15) is 0 Å². The van der Waals surface area contributed by atoms with Gasteiger partial charge in [-0.3, -0.25) is 9.69 Å². The van der Waals surface area contributed by atoms with Crippen molar-refractivity contribution in [2.45, 2.75) is 26.3 Å². The number of rotatable bonds is 5. The third-order valence-electron chi connectivity index (χ3n) is 6.40. The number of hydrogen-bond donors (Lipinski definition) is 0. The van der Waals surface area contributed by atoms with Crippen molar-refractivity contribution in [1.82, 2.24) is 14.7 Å². The van der Waals surface area contributed by atoms with Crippen LogP contribution in [0.2, 0.25) is 0 Å². The molecule has 4 heteroatoms. The molecule has 2 aliphatic heterocycles. The average molecular weight is 392 g/mol. The molecule has 2 heterocycles. The number of hydrogen-bond acceptors (Lipinski definition) is 3. The highest BCUT2D eigenvalue weighted by Gasteiger charge is 2.26. The number of carbonyl (C=O) groups excluding carboxylic acids is 1. The Morgan fingerprint density at radius 2 is 1.55 bits per heavy atom. The first-order valence-corrected chi connectivity index (χ1v) is 11.0. The smallest absolute Gasteiger partial charge is 0.253 e. The molecule has 2 aromatic carbocycles. The van der Waals surface area contributed by atoms with E-state index in [1.54, 1.807) is 0 Å². The lowest BCUT2D eigenvalue weighted by Gasteiger charge is -2.39. The van der Waals surface area contributed by atoms with E-state index in [1.807, 2.05) is 36.1 Å². The SMILES string of the molecule is Cc1cccc(C(=O)N2CCC(CN3CCN(Cc4ccccc4)CC3)CC2)c1. The fourth-order valence-electron chi connectivity index (χ4n) is 4.62. The van der Waals surface area contributed by atoms with Crippen molar-refractivity contribution in [2.75, 3.05) is 45.8 Å². The molecule has 0 spiro atoms. The molecule has 0 N–H and O–H groups in total. The van der Waals surface area contributed by atoms with Gasteiger partial charge in [0, 0.05) is 57.9 Å². The van der Waals surface area contributed by atoms with Gasteiger partial charge in [0.1, 0.15) is 0 Å². The van der Waals surface area contributed by atoms with E-state index in [0.29, 0.717) is 0 Å². The van der Waals surface area contributed by atoms with E-state index in [9.17, 15) is 4.79 Å². The van der Waals surface area contributed by atoms with E-state index < -0.39 is 0 Å². The standard InChI is InChI=1S/C25H33N3O/c1-21-6-5-9-24(18-21)25(29)28-12-10-23(11-13-28)20-27-16-14-26(15-17-27)19-22-7-3-2-4-8-22/h2-9,18,23H,10-17,19-20H2,1H3. The molecule has 2 saturated heterocycles. The summed E-state index contributed by atoms with van der Waals surface area (Å²) in [6.07, 6.45) is 2.25. The maximum Gasteiger partial charge on any atom is 0.253 e. The van der Waals surface area contributed by atoms with Crippen molar-refractivity contribution in [1.29, 1.82) is 0 Å². The lowest BCUT2D eigenvalue weighted by Crippen LogP contribution is -2.48. The summed E-state index contributed by atoms with van der Waals surface area (Å²) in [6.45, 7) is 10.7. The van der Waals surface area contributed by atoms with Crippen LogP contribution in [0.25, 0.3) is 0 Å². The number of benzene rings is 2. The van der Waals surface area contributed by atoms with Crippen LogP contribution in [0.15, 0.2) is 54.6 Å². The highest BCUT2D eigenvalue weighted by molar-refractivity contribution is 5.94. The molecular formula is C25H33N3O. The minimum absolute atomic E-state index is 0.196. The zero-order chi connectivity index (χ0) is 20.1. The second-order valence-electron chi connectivity index (χ2n) is 8.67. The van der Waals surface area contributed by atoms with E-state index in [1.165, 1.54) is 12.1 Å². The Hall–Kier alpha value is -2.17. The number of carbonyl (C=O) groups is 1. The van der Waals surface area contributed by atoms with Crippen molar-refractivity contribution >= 4 is 5.91 Å². The maximum absolute atomic E-state index is 12.7. The lowest BCUT2D eigenvalue weighted by molar-refractivity contribution is 0.0629. The molecule has 29 heavy (non-hydrogen) atoms. The number of piperidine rings is 1. The van der Waals surface area contributed by atoms with Crippen molar-refractivity contribution in [3.8, 4) is 0 Å². The van der Waals surface area contributed by atoms with Gasteiger partial charge in [0.2, 0.25) is 0 Å². The molecule has 2 fully saturated rings. The van der Waals surface area contributed by atoms with Gasteiger partial charge >= 0.3 is 0 Å². The third kappa shape index (κ3) is 5.46. The number of likely N-dealkylation sites (tertiary alicyclic amines) is 1. The van der Waals surface area contributed by atoms with Crippen LogP contribution in [0.5, 0.6) is 0 Å². The summed E-state index contributed by atoms with van der Waals surface area (Å²) in [5.41, 5.74) is 3.39. The molecule has 4 rings (SSSR count). The molecule has 0 aliphatic carbocycles. The topological polar surface area (TPSA) is 26.8 Å². The van der Waals surface area contributed by atoms with Gasteiger partial charge in [-0.1, -0.05) is 48.0 Å². The third-order valence-corrected chi connectivity index (χ3v) is 6.40. The molecule has 0 radical (unpaired) electrons. The molecule has 4 nitrogen and oxygen atoms in total. The summed E-state index contributed by atoms with van der Waals surface area (Å²) in [5.74, 6) is 0.916.